The minimum absolute atomic E-state index is 0.0162. The van der Waals surface area contributed by atoms with E-state index in [1.807, 2.05) is 0 Å². The molecule has 0 fully saturated rings. The minimum atomic E-state index is -4.90. The smallest absolute Gasteiger partial charge is 0.416 e. The Hall–Kier alpha value is -5.32. The molecule has 2 N–H and O–H groups in total. The van der Waals surface area contributed by atoms with Crippen LogP contribution >= 0.6 is 0 Å². The van der Waals surface area contributed by atoms with E-state index in [9.17, 15) is 37.1 Å². The highest BCUT2D eigenvalue weighted by Gasteiger charge is 2.36. The highest BCUT2D eigenvalue weighted by Crippen LogP contribution is 2.38. The van der Waals surface area contributed by atoms with Crippen molar-refractivity contribution in [3.63, 3.8) is 0 Å². The number of aliphatic carboxylic acids is 1. The summed E-state index contributed by atoms with van der Waals surface area (Å²) in [5.74, 6) is -0.792. The summed E-state index contributed by atoms with van der Waals surface area (Å²) in [6.07, 6.45) is -2.31. The lowest BCUT2D eigenvalue weighted by Gasteiger charge is -2.27. The average molecular weight is 715 g/mol. The van der Waals surface area contributed by atoms with Gasteiger partial charge >= 0.3 is 12.1 Å². The van der Waals surface area contributed by atoms with Crippen LogP contribution in [0.4, 0.5) is 26.3 Å². The number of carbonyl (C=O) groups is 2. The summed E-state index contributed by atoms with van der Waals surface area (Å²) in [4.78, 5) is 39.3. The zero-order valence-electron chi connectivity index (χ0n) is 28.5. The van der Waals surface area contributed by atoms with E-state index in [0.29, 0.717) is 6.07 Å². The molecule has 8 nitrogen and oxygen atoms in total. The van der Waals surface area contributed by atoms with Crippen molar-refractivity contribution in [2.75, 3.05) is 0 Å². The SMILES string of the molecule is CC#Cc1cc(F)c([C@@H](CC(=O)O)NC(=O)[C@H](CC(C)C)n2cc(CCn3cccn3)c(C(F)(F)F)cc2=O)c(F)c1-c1c(C)cc(F)cc1C. The summed E-state index contributed by atoms with van der Waals surface area (Å²) < 4.78 is 91.2. The van der Waals surface area contributed by atoms with Crippen molar-refractivity contribution in [2.45, 2.75) is 78.7 Å². The molecule has 14 heteroatoms. The maximum atomic E-state index is 16.7. The van der Waals surface area contributed by atoms with Crippen LogP contribution in [0.15, 0.2) is 53.7 Å². The third-order valence-electron chi connectivity index (χ3n) is 8.28. The second-order valence-corrected chi connectivity index (χ2v) is 12.6. The van der Waals surface area contributed by atoms with Gasteiger partial charge in [-0.05, 0) is 86.1 Å². The number of carbonyl (C=O) groups excluding carboxylic acids is 1. The number of aryl methyl sites for hydroxylation is 4. The van der Waals surface area contributed by atoms with Gasteiger partial charge < -0.3 is 15.0 Å². The summed E-state index contributed by atoms with van der Waals surface area (Å²) in [6, 6.07) is 1.81. The number of benzene rings is 2. The Balaban J connectivity index is 1.86. The molecule has 2 heterocycles. The molecule has 270 valence electrons. The highest BCUT2D eigenvalue weighted by molar-refractivity contribution is 5.83. The van der Waals surface area contributed by atoms with E-state index in [1.165, 1.54) is 31.6 Å². The van der Waals surface area contributed by atoms with Gasteiger partial charge in [-0.3, -0.25) is 19.1 Å². The lowest BCUT2D eigenvalue weighted by atomic mass is 9.88. The Morgan fingerprint density at radius 1 is 1.04 bits per heavy atom. The molecule has 0 spiro atoms. The molecule has 2 aromatic carbocycles. The van der Waals surface area contributed by atoms with Gasteiger partial charge in [-0.15, -0.1) is 5.92 Å². The Morgan fingerprint density at radius 2 is 1.71 bits per heavy atom. The summed E-state index contributed by atoms with van der Waals surface area (Å²) in [7, 11) is 0. The van der Waals surface area contributed by atoms with Crippen LogP contribution in [0.3, 0.4) is 0 Å². The quantitative estimate of drug-likeness (QED) is 0.118. The zero-order valence-corrected chi connectivity index (χ0v) is 28.5. The van der Waals surface area contributed by atoms with E-state index in [0.717, 1.165) is 29.0 Å². The number of halogens is 6. The number of carboxylic acid groups (broad SMARTS) is 1. The first-order valence-corrected chi connectivity index (χ1v) is 16.0. The van der Waals surface area contributed by atoms with Gasteiger partial charge in [0, 0.05) is 47.9 Å². The van der Waals surface area contributed by atoms with Crippen LogP contribution in [0.5, 0.6) is 0 Å². The fourth-order valence-electron chi connectivity index (χ4n) is 6.16. The predicted molar refractivity (Wildman–Crippen MR) is 177 cm³/mol. The van der Waals surface area contributed by atoms with Gasteiger partial charge in [-0.1, -0.05) is 19.8 Å². The standard InChI is InChI=1S/C37H36F6N4O4/c1-6-8-23-16-27(39)34(35(40)33(23)32-21(4)14-25(38)15-22(32)5)28(18-31(49)50)45-36(51)29(13-20(2)3)47-19-24(9-12-46-11-7-10-44-46)26(17-30(47)48)37(41,42)43/h7,10-11,14-17,19-20,28-29H,9,12-13,18H2,1-5H3,(H,45,51)(H,49,50)/t28-,29+/m1/s1. The number of pyridine rings is 1. The molecular formula is C37H36F6N4O4. The van der Waals surface area contributed by atoms with Gasteiger partial charge in [0.2, 0.25) is 5.91 Å². The van der Waals surface area contributed by atoms with E-state index >= 15 is 8.78 Å². The van der Waals surface area contributed by atoms with Crippen molar-refractivity contribution in [3.05, 3.63) is 110 Å². The Labute approximate surface area is 290 Å². The minimum Gasteiger partial charge on any atom is -0.481 e. The van der Waals surface area contributed by atoms with Crippen LogP contribution in [-0.4, -0.2) is 31.3 Å². The molecule has 0 unspecified atom stereocenters. The summed E-state index contributed by atoms with van der Waals surface area (Å²) in [5, 5.41) is 16.1. The van der Waals surface area contributed by atoms with Gasteiger partial charge in [0.1, 0.15) is 23.5 Å². The average Bonchev–Trinajstić information content (AvgIpc) is 3.53. The van der Waals surface area contributed by atoms with Crippen molar-refractivity contribution in [3.8, 4) is 23.0 Å². The maximum Gasteiger partial charge on any atom is 0.416 e. The van der Waals surface area contributed by atoms with Gasteiger partial charge in [0.05, 0.1) is 18.0 Å². The first kappa shape index (κ1) is 38.5. The molecule has 0 radical (unpaired) electrons. The second kappa shape index (κ2) is 15.7. The number of hydrogen-bond donors (Lipinski definition) is 2. The molecule has 2 atom stereocenters. The number of alkyl halides is 3. The summed E-state index contributed by atoms with van der Waals surface area (Å²) in [5.41, 5.74) is -3.08. The number of rotatable bonds is 12. The molecule has 0 aliphatic heterocycles. The van der Waals surface area contributed by atoms with E-state index in [-0.39, 0.29) is 58.7 Å². The number of carboxylic acids is 1. The third-order valence-corrected chi connectivity index (χ3v) is 8.28. The van der Waals surface area contributed by atoms with E-state index in [4.69, 9.17) is 0 Å². The van der Waals surface area contributed by atoms with Gasteiger partial charge in [-0.2, -0.15) is 18.3 Å². The lowest BCUT2D eigenvalue weighted by Crippen LogP contribution is -2.41. The van der Waals surface area contributed by atoms with Crippen LogP contribution in [-0.2, 0) is 28.7 Å². The van der Waals surface area contributed by atoms with Crippen LogP contribution in [0, 0.1) is 49.1 Å². The van der Waals surface area contributed by atoms with E-state index in [2.05, 4.69) is 22.3 Å². The molecule has 1 amide bonds. The summed E-state index contributed by atoms with van der Waals surface area (Å²) in [6.45, 7) is 7.85. The van der Waals surface area contributed by atoms with E-state index in [1.54, 1.807) is 26.1 Å². The van der Waals surface area contributed by atoms with E-state index < -0.39 is 70.7 Å². The van der Waals surface area contributed by atoms with Crippen molar-refractivity contribution >= 4 is 11.9 Å². The fourth-order valence-corrected chi connectivity index (χ4v) is 6.16. The first-order valence-electron chi connectivity index (χ1n) is 16.0. The molecule has 2 aromatic heterocycles. The van der Waals surface area contributed by atoms with Gasteiger partial charge in [0.15, 0.2) is 0 Å². The number of hydrogen-bond acceptors (Lipinski definition) is 4. The van der Waals surface area contributed by atoms with Gasteiger partial charge in [0.25, 0.3) is 5.56 Å². The molecule has 0 saturated heterocycles. The lowest BCUT2D eigenvalue weighted by molar-refractivity contribution is -0.139. The molecule has 0 aliphatic carbocycles. The third kappa shape index (κ3) is 8.89. The van der Waals surface area contributed by atoms with Gasteiger partial charge in [-0.25, -0.2) is 13.2 Å². The maximum absolute atomic E-state index is 16.7. The normalized spacial score (nSPS) is 12.7. The number of aromatic nitrogens is 3. The number of nitrogens with one attached hydrogen (secondary N) is 1. The van der Waals surface area contributed by atoms with Crippen molar-refractivity contribution in [2.24, 2.45) is 5.92 Å². The van der Waals surface area contributed by atoms with Crippen molar-refractivity contribution in [1.82, 2.24) is 19.7 Å². The van der Waals surface area contributed by atoms with Crippen LogP contribution in [0.2, 0.25) is 0 Å². The molecule has 51 heavy (non-hydrogen) atoms. The molecule has 0 bridgehead atoms. The van der Waals surface area contributed by atoms with Crippen LogP contribution < -0.4 is 10.9 Å². The second-order valence-electron chi connectivity index (χ2n) is 12.6. The molecule has 0 saturated carbocycles. The fraction of sp³-hybridized carbons (Fsp3) is 0.351. The Bertz CT molecular complexity index is 2040. The predicted octanol–water partition coefficient (Wildman–Crippen LogP) is 7.30. The number of nitrogens with zero attached hydrogens (tertiary/aromatic N) is 3. The van der Waals surface area contributed by atoms with Crippen LogP contribution in [0.25, 0.3) is 11.1 Å². The van der Waals surface area contributed by atoms with Crippen molar-refractivity contribution < 1.29 is 41.0 Å². The van der Waals surface area contributed by atoms with Crippen molar-refractivity contribution in [1.29, 1.82) is 0 Å². The molecule has 4 rings (SSSR count). The van der Waals surface area contributed by atoms with Crippen LogP contribution in [0.1, 0.15) is 79.1 Å². The first-order chi connectivity index (χ1) is 23.9. The molecule has 4 aromatic rings. The zero-order chi connectivity index (χ0) is 37.8. The number of amides is 1. The summed E-state index contributed by atoms with van der Waals surface area (Å²) >= 11 is 0. The largest absolute Gasteiger partial charge is 0.481 e. The highest BCUT2D eigenvalue weighted by atomic mass is 19.4. The molecular weight excluding hydrogens is 678 g/mol. The topological polar surface area (TPSA) is 106 Å². The molecule has 0 aliphatic rings. The monoisotopic (exact) mass is 714 g/mol. The Morgan fingerprint density at radius 3 is 2.25 bits per heavy atom. The Kier molecular flexibility index (Phi) is 11.8.